The van der Waals surface area contributed by atoms with Gasteiger partial charge in [0.05, 0.1) is 19.3 Å². The van der Waals surface area contributed by atoms with Crippen molar-refractivity contribution in [3.63, 3.8) is 0 Å². The van der Waals surface area contributed by atoms with Crippen molar-refractivity contribution >= 4 is 23.3 Å². The van der Waals surface area contributed by atoms with Crippen LogP contribution in [0, 0.1) is 0 Å². The molecule has 1 atom stereocenters. The lowest BCUT2D eigenvalue weighted by atomic mass is 10.1. The van der Waals surface area contributed by atoms with E-state index in [1.807, 2.05) is 36.4 Å². The van der Waals surface area contributed by atoms with Crippen LogP contribution in [0.1, 0.15) is 17.2 Å². The first-order valence-electron chi connectivity index (χ1n) is 7.52. The molecule has 24 heavy (non-hydrogen) atoms. The Balaban J connectivity index is 2.07. The number of para-hydroxylation sites is 1. The summed E-state index contributed by atoms with van der Waals surface area (Å²) >= 11 is 5.91. The summed E-state index contributed by atoms with van der Waals surface area (Å²) in [4.78, 5) is 12.3. The number of anilines is 1. The minimum atomic E-state index is -0.310. The Morgan fingerprint density at radius 1 is 1.08 bits per heavy atom. The van der Waals surface area contributed by atoms with Crippen LogP contribution >= 0.6 is 11.6 Å². The molecule has 0 aliphatic rings. The van der Waals surface area contributed by atoms with Crippen LogP contribution in [0.2, 0.25) is 5.02 Å². The van der Waals surface area contributed by atoms with Crippen LogP contribution in [0.4, 0.5) is 10.5 Å². The first-order chi connectivity index (χ1) is 11.6. The molecule has 2 aromatic carbocycles. The van der Waals surface area contributed by atoms with Gasteiger partial charge in [0.15, 0.2) is 0 Å². The molecule has 2 N–H and O–H groups in total. The molecule has 0 saturated heterocycles. The molecule has 0 saturated carbocycles. The SMILES string of the molecule is COCc1ccccc1NC(=O)N[C@H](COC)c1ccc(Cl)cc1. The number of nitrogens with one attached hydrogen (secondary N) is 2. The van der Waals surface area contributed by atoms with Crippen molar-refractivity contribution in [3.8, 4) is 0 Å². The number of carbonyl (C=O) groups excluding carboxylic acids is 1. The van der Waals surface area contributed by atoms with Gasteiger partial charge in [-0.15, -0.1) is 0 Å². The fourth-order valence-electron chi connectivity index (χ4n) is 2.32. The van der Waals surface area contributed by atoms with Crippen molar-refractivity contribution in [2.45, 2.75) is 12.6 Å². The van der Waals surface area contributed by atoms with E-state index < -0.39 is 0 Å². The number of hydrogen-bond donors (Lipinski definition) is 2. The van der Waals surface area contributed by atoms with E-state index in [1.165, 1.54) is 0 Å². The van der Waals surface area contributed by atoms with Crippen LogP contribution in [-0.4, -0.2) is 26.9 Å². The normalized spacial score (nSPS) is 11.8. The quantitative estimate of drug-likeness (QED) is 0.795. The van der Waals surface area contributed by atoms with Crippen LogP contribution in [0.5, 0.6) is 0 Å². The van der Waals surface area contributed by atoms with Gasteiger partial charge in [-0.2, -0.15) is 0 Å². The molecule has 0 radical (unpaired) electrons. The molecule has 0 bridgehead atoms. The second kappa shape index (κ2) is 9.27. The Bertz CT molecular complexity index is 662. The summed E-state index contributed by atoms with van der Waals surface area (Å²) in [6.07, 6.45) is 0. The molecular weight excluding hydrogens is 328 g/mol. The maximum absolute atomic E-state index is 12.3. The van der Waals surface area contributed by atoms with Crippen LogP contribution in [-0.2, 0) is 16.1 Å². The summed E-state index contributed by atoms with van der Waals surface area (Å²) in [5.41, 5.74) is 2.54. The van der Waals surface area contributed by atoms with Gasteiger partial charge in [0.25, 0.3) is 0 Å². The number of urea groups is 1. The summed E-state index contributed by atoms with van der Waals surface area (Å²) in [6, 6.07) is 14.2. The molecule has 0 aliphatic heterocycles. The van der Waals surface area contributed by atoms with E-state index in [2.05, 4.69) is 10.6 Å². The lowest BCUT2D eigenvalue weighted by Crippen LogP contribution is -2.35. The lowest BCUT2D eigenvalue weighted by molar-refractivity contribution is 0.168. The van der Waals surface area contributed by atoms with Gasteiger partial charge in [-0.25, -0.2) is 4.79 Å². The van der Waals surface area contributed by atoms with E-state index in [1.54, 1.807) is 26.4 Å². The molecule has 5 nitrogen and oxygen atoms in total. The third-order valence-corrected chi connectivity index (χ3v) is 3.73. The zero-order chi connectivity index (χ0) is 17.4. The smallest absolute Gasteiger partial charge is 0.319 e. The summed E-state index contributed by atoms with van der Waals surface area (Å²) in [6.45, 7) is 0.782. The maximum Gasteiger partial charge on any atom is 0.319 e. The topological polar surface area (TPSA) is 59.6 Å². The van der Waals surface area contributed by atoms with Crippen molar-refractivity contribution in [3.05, 3.63) is 64.7 Å². The van der Waals surface area contributed by atoms with Gasteiger partial charge >= 0.3 is 6.03 Å². The van der Waals surface area contributed by atoms with Crippen molar-refractivity contribution in [2.75, 3.05) is 26.1 Å². The number of rotatable bonds is 7. The predicted octanol–water partition coefficient (Wildman–Crippen LogP) is 4.00. The van der Waals surface area contributed by atoms with Crippen molar-refractivity contribution in [1.82, 2.24) is 5.32 Å². The van der Waals surface area contributed by atoms with E-state index >= 15 is 0 Å². The largest absolute Gasteiger partial charge is 0.382 e. The minimum absolute atomic E-state index is 0.276. The standard InChI is InChI=1S/C18H21ClN2O3/c1-23-11-14-5-3-4-6-16(14)20-18(22)21-17(12-24-2)13-7-9-15(19)10-8-13/h3-10,17H,11-12H2,1-2H3,(H2,20,21,22)/t17-/m1/s1. The molecule has 128 valence electrons. The highest BCUT2D eigenvalue weighted by molar-refractivity contribution is 6.30. The van der Waals surface area contributed by atoms with Crippen LogP contribution < -0.4 is 10.6 Å². The average molecular weight is 349 g/mol. The first-order valence-corrected chi connectivity index (χ1v) is 7.90. The Kier molecular flexibility index (Phi) is 7.06. The molecule has 2 aromatic rings. The third-order valence-electron chi connectivity index (χ3n) is 3.48. The second-order valence-corrected chi connectivity index (χ2v) is 5.68. The Morgan fingerprint density at radius 3 is 2.46 bits per heavy atom. The van der Waals surface area contributed by atoms with E-state index in [0.717, 1.165) is 11.1 Å². The Hall–Kier alpha value is -2.08. The number of methoxy groups -OCH3 is 2. The van der Waals surface area contributed by atoms with E-state index in [4.69, 9.17) is 21.1 Å². The van der Waals surface area contributed by atoms with Crippen molar-refractivity contribution in [2.24, 2.45) is 0 Å². The molecule has 0 unspecified atom stereocenters. The molecule has 0 aromatic heterocycles. The highest BCUT2D eigenvalue weighted by Gasteiger charge is 2.15. The molecule has 0 fully saturated rings. The molecule has 0 spiro atoms. The third kappa shape index (κ3) is 5.23. The van der Waals surface area contributed by atoms with Crippen LogP contribution in [0.15, 0.2) is 48.5 Å². The van der Waals surface area contributed by atoms with Gasteiger partial charge < -0.3 is 20.1 Å². The summed E-state index contributed by atoms with van der Waals surface area (Å²) in [5, 5.41) is 6.41. The van der Waals surface area contributed by atoms with Gasteiger partial charge in [-0.1, -0.05) is 41.9 Å². The van der Waals surface area contributed by atoms with E-state index in [0.29, 0.717) is 23.9 Å². The second-order valence-electron chi connectivity index (χ2n) is 5.25. The number of benzene rings is 2. The molecule has 2 rings (SSSR count). The highest BCUT2D eigenvalue weighted by Crippen LogP contribution is 2.19. The van der Waals surface area contributed by atoms with Crippen LogP contribution in [0.3, 0.4) is 0 Å². The predicted molar refractivity (Wildman–Crippen MR) is 95.4 cm³/mol. The number of amides is 2. The Morgan fingerprint density at radius 2 is 1.79 bits per heavy atom. The summed E-state index contributed by atoms with van der Waals surface area (Å²) in [7, 11) is 3.21. The van der Waals surface area contributed by atoms with Gasteiger partial charge in [-0.3, -0.25) is 0 Å². The summed E-state index contributed by atoms with van der Waals surface area (Å²) in [5.74, 6) is 0. The van der Waals surface area contributed by atoms with E-state index in [9.17, 15) is 4.79 Å². The number of hydrogen-bond acceptors (Lipinski definition) is 3. The molecular formula is C18H21ClN2O3. The van der Waals surface area contributed by atoms with Crippen molar-refractivity contribution in [1.29, 1.82) is 0 Å². The molecule has 0 aliphatic carbocycles. The fourth-order valence-corrected chi connectivity index (χ4v) is 2.45. The van der Waals surface area contributed by atoms with Gasteiger partial charge in [0, 0.05) is 30.5 Å². The minimum Gasteiger partial charge on any atom is -0.382 e. The van der Waals surface area contributed by atoms with Gasteiger partial charge in [-0.05, 0) is 23.8 Å². The van der Waals surface area contributed by atoms with Gasteiger partial charge in [0.1, 0.15) is 0 Å². The van der Waals surface area contributed by atoms with Crippen molar-refractivity contribution < 1.29 is 14.3 Å². The Labute approximate surface area is 146 Å². The molecule has 2 amide bonds. The number of ether oxygens (including phenoxy) is 2. The summed E-state index contributed by atoms with van der Waals surface area (Å²) < 4.78 is 10.4. The number of halogens is 1. The lowest BCUT2D eigenvalue weighted by Gasteiger charge is -2.19. The number of carbonyl (C=O) groups is 1. The monoisotopic (exact) mass is 348 g/mol. The zero-order valence-corrected chi connectivity index (χ0v) is 14.5. The molecule has 6 heteroatoms. The maximum atomic E-state index is 12.3. The van der Waals surface area contributed by atoms with Gasteiger partial charge in [0.2, 0.25) is 0 Å². The average Bonchev–Trinajstić information content (AvgIpc) is 2.57. The fraction of sp³-hybridized carbons (Fsp3) is 0.278. The highest BCUT2D eigenvalue weighted by atomic mass is 35.5. The molecule has 0 heterocycles. The first kappa shape index (κ1) is 18.3. The van der Waals surface area contributed by atoms with E-state index in [-0.39, 0.29) is 12.1 Å². The zero-order valence-electron chi connectivity index (χ0n) is 13.7. The van der Waals surface area contributed by atoms with Crippen LogP contribution in [0.25, 0.3) is 0 Å².